The highest BCUT2D eigenvalue weighted by atomic mass is 19.4. The molecule has 1 N–H and O–H groups in total. The molecule has 0 aliphatic heterocycles. The largest absolute Gasteiger partial charge is 0.416 e. The van der Waals surface area contributed by atoms with Crippen molar-refractivity contribution in [2.45, 2.75) is 26.1 Å². The number of aromatic nitrogens is 1. The monoisotopic (exact) mass is 271 g/mol. The molecule has 0 spiro atoms. The number of hydrogen-bond donors (Lipinski definition) is 1. The zero-order valence-electron chi connectivity index (χ0n) is 10.3. The molecule has 1 atom stereocenters. The first kappa shape index (κ1) is 13.6. The fourth-order valence-electron chi connectivity index (χ4n) is 1.82. The normalized spacial score (nSPS) is 13.6. The molecule has 0 radical (unpaired) electrons. The Morgan fingerprint density at radius 1 is 1.21 bits per heavy atom. The van der Waals surface area contributed by atoms with E-state index in [-0.39, 0.29) is 0 Å². The maximum absolute atomic E-state index is 12.4. The molecule has 19 heavy (non-hydrogen) atoms. The number of benzene rings is 1. The van der Waals surface area contributed by atoms with E-state index in [0.29, 0.717) is 22.6 Å². The van der Waals surface area contributed by atoms with Gasteiger partial charge in [0.25, 0.3) is 0 Å². The van der Waals surface area contributed by atoms with Crippen molar-refractivity contribution in [2.24, 2.45) is 0 Å². The zero-order chi connectivity index (χ0) is 14.2. The molecular formula is C13H12F3NO2. The maximum Gasteiger partial charge on any atom is 0.416 e. The molecule has 3 nitrogen and oxygen atoms in total. The van der Waals surface area contributed by atoms with Gasteiger partial charge >= 0.3 is 6.18 Å². The van der Waals surface area contributed by atoms with Crippen LogP contribution < -0.4 is 0 Å². The van der Waals surface area contributed by atoms with Crippen molar-refractivity contribution < 1.29 is 22.8 Å². The number of nitrogens with zero attached hydrogens (tertiary/aromatic N) is 1. The van der Waals surface area contributed by atoms with E-state index < -0.39 is 17.8 Å². The van der Waals surface area contributed by atoms with E-state index in [1.165, 1.54) is 19.1 Å². The van der Waals surface area contributed by atoms with Gasteiger partial charge in [0.1, 0.15) is 11.8 Å². The molecule has 1 unspecified atom stereocenters. The lowest BCUT2D eigenvalue weighted by atomic mass is 10.0. The summed E-state index contributed by atoms with van der Waals surface area (Å²) >= 11 is 0. The van der Waals surface area contributed by atoms with Crippen LogP contribution >= 0.6 is 0 Å². The van der Waals surface area contributed by atoms with Gasteiger partial charge in [-0.25, -0.2) is 0 Å². The first-order chi connectivity index (χ1) is 8.80. The molecule has 1 heterocycles. The number of rotatable bonds is 2. The lowest BCUT2D eigenvalue weighted by Gasteiger charge is -2.06. The minimum absolute atomic E-state index is 0.315. The lowest BCUT2D eigenvalue weighted by molar-refractivity contribution is -0.137. The number of alkyl halides is 3. The Hall–Kier alpha value is -1.82. The fourth-order valence-corrected chi connectivity index (χ4v) is 1.82. The van der Waals surface area contributed by atoms with E-state index in [9.17, 15) is 18.3 Å². The average molecular weight is 271 g/mol. The molecule has 1 aromatic heterocycles. The van der Waals surface area contributed by atoms with Crippen LogP contribution in [0.2, 0.25) is 0 Å². The number of hydrogen-bond acceptors (Lipinski definition) is 3. The molecular weight excluding hydrogens is 259 g/mol. The van der Waals surface area contributed by atoms with E-state index in [1.807, 2.05) is 0 Å². The standard InChI is InChI=1S/C13H12F3NO2/c1-7-11(17-19-12(7)8(2)18)9-3-5-10(6-4-9)13(14,15)16/h3-6,8,18H,1-2H3. The smallest absolute Gasteiger partial charge is 0.385 e. The van der Waals surface area contributed by atoms with Crippen molar-refractivity contribution in [3.63, 3.8) is 0 Å². The Bertz CT molecular complexity index is 571. The van der Waals surface area contributed by atoms with Gasteiger partial charge in [-0.05, 0) is 26.0 Å². The summed E-state index contributed by atoms with van der Waals surface area (Å²) in [5.41, 5.74) is 0.855. The molecule has 0 amide bonds. The van der Waals surface area contributed by atoms with Crippen LogP contribution in [0.4, 0.5) is 13.2 Å². The van der Waals surface area contributed by atoms with Gasteiger partial charge in [0.2, 0.25) is 0 Å². The van der Waals surface area contributed by atoms with Crippen LogP contribution in [-0.4, -0.2) is 10.3 Å². The molecule has 0 aliphatic rings. The Morgan fingerprint density at radius 2 is 1.79 bits per heavy atom. The Kier molecular flexibility index (Phi) is 3.36. The average Bonchev–Trinajstić information content (AvgIpc) is 2.70. The van der Waals surface area contributed by atoms with Crippen LogP contribution in [0.25, 0.3) is 11.3 Å². The highest BCUT2D eigenvalue weighted by Gasteiger charge is 2.30. The first-order valence-electron chi connectivity index (χ1n) is 5.62. The minimum atomic E-state index is -4.36. The number of aliphatic hydroxyl groups is 1. The number of halogens is 3. The summed E-state index contributed by atoms with van der Waals surface area (Å²) < 4.78 is 42.3. The summed E-state index contributed by atoms with van der Waals surface area (Å²) in [7, 11) is 0. The second-order valence-corrected chi connectivity index (χ2v) is 4.27. The third-order valence-corrected chi connectivity index (χ3v) is 2.83. The summed E-state index contributed by atoms with van der Waals surface area (Å²) in [6, 6.07) is 4.65. The van der Waals surface area contributed by atoms with E-state index in [4.69, 9.17) is 4.52 Å². The van der Waals surface area contributed by atoms with E-state index >= 15 is 0 Å². The third kappa shape index (κ3) is 2.63. The van der Waals surface area contributed by atoms with Crippen molar-refractivity contribution in [2.75, 3.05) is 0 Å². The molecule has 0 saturated carbocycles. The molecule has 1 aromatic carbocycles. The van der Waals surface area contributed by atoms with Crippen LogP contribution in [0.15, 0.2) is 28.8 Å². The summed E-state index contributed by atoms with van der Waals surface area (Å²) in [5, 5.41) is 13.2. The van der Waals surface area contributed by atoms with Gasteiger partial charge in [-0.3, -0.25) is 0 Å². The Labute approximate surface area is 107 Å². The summed E-state index contributed by atoms with van der Waals surface area (Å²) in [4.78, 5) is 0. The van der Waals surface area contributed by atoms with Crippen LogP contribution in [0, 0.1) is 6.92 Å². The van der Waals surface area contributed by atoms with Crippen LogP contribution in [0.3, 0.4) is 0 Å². The van der Waals surface area contributed by atoms with Gasteiger partial charge in [-0.2, -0.15) is 13.2 Å². The quantitative estimate of drug-likeness (QED) is 0.905. The van der Waals surface area contributed by atoms with E-state index in [0.717, 1.165) is 12.1 Å². The molecule has 6 heteroatoms. The van der Waals surface area contributed by atoms with Gasteiger partial charge in [0.15, 0.2) is 5.76 Å². The van der Waals surface area contributed by atoms with Crippen LogP contribution in [-0.2, 0) is 6.18 Å². The van der Waals surface area contributed by atoms with Crippen molar-refractivity contribution in [1.82, 2.24) is 5.16 Å². The second-order valence-electron chi connectivity index (χ2n) is 4.27. The van der Waals surface area contributed by atoms with Crippen molar-refractivity contribution in [1.29, 1.82) is 0 Å². The molecule has 0 saturated heterocycles. The van der Waals surface area contributed by atoms with Gasteiger partial charge in [0, 0.05) is 11.1 Å². The van der Waals surface area contributed by atoms with Gasteiger partial charge in [-0.1, -0.05) is 17.3 Å². The molecule has 0 bridgehead atoms. The second kappa shape index (κ2) is 4.70. The lowest BCUT2D eigenvalue weighted by Crippen LogP contribution is -2.04. The molecule has 2 rings (SSSR count). The first-order valence-corrected chi connectivity index (χ1v) is 5.62. The highest BCUT2D eigenvalue weighted by molar-refractivity contribution is 5.63. The van der Waals surface area contributed by atoms with E-state index in [2.05, 4.69) is 5.16 Å². The highest BCUT2D eigenvalue weighted by Crippen LogP contribution is 2.32. The van der Waals surface area contributed by atoms with E-state index in [1.54, 1.807) is 6.92 Å². The predicted molar refractivity (Wildman–Crippen MR) is 62.3 cm³/mol. The zero-order valence-corrected chi connectivity index (χ0v) is 10.3. The van der Waals surface area contributed by atoms with Crippen LogP contribution in [0.1, 0.15) is 29.9 Å². The fraction of sp³-hybridized carbons (Fsp3) is 0.308. The summed E-state index contributed by atoms with van der Waals surface area (Å²) in [6.07, 6.45) is -5.17. The molecule has 0 fully saturated rings. The van der Waals surface area contributed by atoms with Crippen molar-refractivity contribution >= 4 is 0 Å². The summed E-state index contributed by atoms with van der Waals surface area (Å²) in [6.45, 7) is 3.23. The number of aliphatic hydroxyl groups excluding tert-OH is 1. The molecule has 0 aliphatic carbocycles. The minimum Gasteiger partial charge on any atom is -0.385 e. The van der Waals surface area contributed by atoms with Gasteiger partial charge in [-0.15, -0.1) is 0 Å². The van der Waals surface area contributed by atoms with Crippen molar-refractivity contribution in [3.8, 4) is 11.3 Å². The van der Waals surface area contributed by atoms with Gasteiger partial charge < -0.3 is 9.63 Å². The molecule has 102 valence electrons. The van der Waals surface area contributed by atoms with Gasteiger partial charge in [0.05, 0.1) is 5.56 Å². The Balaban J connectivity index is 2.38. The van der Waals surface area contributed by atoms with Crippen molar-refractivity contribution in [3.05, 3.63) is 41.2 Å². The Morgan fingerprint density at radius 3 is 2.21 bits per heavy atom. The van der Waals surface area contributed by atoms with Crippen LogP contribution in [0.5, 0.6) is 0 Å². The molecule has 2 aromatic rings. The third-order valence-electron chi connectivity index (χ3n) is 2.83. The topological polar surface area (TPSA) is 46.3 Å². The summed E-state index contributed by atoms with van der Waals surface area (Å²) in [5.74, 6) is 0.315. The maximum atomic E-state index is 12.4. The SMILES string of the molecule is Cc1c(-c2ccc(C(F)(F)F)cc2)noc1C(C)O. The predicted octanol–water partition coefficient (Wildman–Crippen LogP) is 3.72.